The summed E-state index contributed by atoms with van der Waals surface area (Å²) in [6.07, 6.45) is 0.704. The summed E-state index contributed by atoms with van der Waals surface area (Å²) >= 11 is 1.46. The monoisotopic (exact) mass is 327 g/mol. The Bertz CT molecular complexity index is 493. The number of thiophene rings is 1. The van der Waals surface area contributed by atoms with Gasteiger partial charge in [0, 0.05) is 31.2 Å². The molecule has 5 nitrogen and oxygen atoms in total. The molecule has 0 aliphatic carbocycles. The number of nitrogens with zero attached hydrogens (tertiary/aromatic N) is 1. The minimum atomic E-state index is -0.888. The Morgan fingerprint density at radius 1 is 1.41 bits per heavy atom. The highest BCUT2D eigenvalue weighted by atomic mass is 32.1. The number of amides is 1. The van der Waals surface area contributed by atoms with E-state index in [1.54, 1.807) is 11.8 Å². The van der Waals surface area contributed by atoms with E-state index in [0.29, 0.717) is 31.1 Å². The van der Waals surface area contributed by atoms with Crippen molar-refractivity contribution in [1.82, 2.24) is 4.90 Å². The summed E-state index contributed by atoms with van der Waals surface area (Å²) in [6.45, 7) is 9.44. The van der Waals surface area contributed by atoms with Crippen LogP contribution in [0.25, 0.3) is 0 Å². The van der Waals surface area contributed by atoms with Crippen molar-refractivity contribution in [2.45, 2.75) is 34.1 Å². The maximum absolute atomic E-state index is 12.6. The van der Waals surface area contributed by atoms with E-state index in [2.05, 4.69) is 0 Å². The van der Waals surface area contributed by atoms with Crippen molar-refractivity contribution in [3.63, 3.8) is 0 Å². The molecule has 0 aliphatic rings. The predicted molar refractivity (Wildman–Crippen MR) is 87.6 cm³/mol. The maximum Gasteiger partial charge on any atom is 0.308 e. The molecule has 0 bridgehead atoms. The topological polar surface area (TPSA) is 66.8 Å². The Morgan fingerprint density at radius 3 is 2.59 bits per heavy atom. The molecular weight excluding hydrogens is 302 g/mol. The average molecular weight is 327 g/mol. The van der Waals surface area contributed by atoms with Crippen molar-refractivity contribution in [3.8, 4) is 0 Å². The number of aryl methyl sites for hydroxylation is 2. The quantitative estimate of drug-likeness (QED) is 0.708. The van der Waals surface area contributed by atoms with E-state index in [-0.39, 0.29) is 12.5 Å². The molecule has 6 heteroatoms. The van der Waals surface area contributed by atoms with Crippen LogP contribution in [0.3, 0.4) is 0 Å². The minimum Gasteiger partial charge on any atom is -0.481 e. The van der Waals surface area contributed by atoms with Crippen LogP contribution in [0.1, 0.15) is 40.4 Å². The second kappa shape index (κ2) is 8.90. The van der Waals surface area contributed by atoms with E-state index in [1.807, 2.05) is 26.8 Å². The zero-order valence-electron chi connectivity index (χ0n) is 13.7. The molecule has 124 valence electrons. The smallest absolute Gasteiger partial charge is 0.308 e. The molecule has 0 aliphatic heterocycles. The molecule has 0 saturated carbocycles. The lowest BCUT2D eigenvalue weighted by Gasteiger charge is -2.24. The Morgan fingerprint density at radius 2 is 2.09 bits per heavy atom. The second-order valence-corrected chi connectivity index (χ2v) is 6.65. The predicted octanol–water partition coefficient (Wildman–Crippen LogP) is 2.95. The van der Waals surface area contributed by atoms with Gasteiger partial charge in [-0.05, 0) is 38.8 Å². The molecule has 1 amide bonds. The molecule has 1 heterocycles. The van der Waals surface area contributed by atoms with E-state index < -0.39 is 11.9 Å². The fourth-order valence-electron chi connectivity index (χ4n) is 2.02. The molecular formula is C16H25NO4S. The van der Waals surface area contributed by atoms with E-state index >= 15 is 0 Å². The highest BCUT2D eigenvalue weighted by Gasteiger charge is 2.22. The zero-order chi connectivity index (χ0) is 16.7. The van der Waals surface area contributed by atoms with Gasteiger partial charge in [-0.25, -0.2) is 0 Å². The number of carbonyl (C=O) groups is 2. The van der Waals surface area contributed by atoms with Crippen LogP contribution in [0.5, 0.6) is 0 Å². The molecule has 1 atom stereocenters. The Kier molecular flexibility index (Phi) is 7.55. The van der Waals surface area contributed by atoms with Crippen molar-refractivity contribution in [1.29, 1.82) is 0 Å². The highest BCUT2D eigenvalue weighted by Crippen LogP contribution is 2.22. The number of hydrogen-bond acceptors (Lipinski definition) is 4. The SMILES string of the molecule is CCOCCCN(CC(C)C(=O)O)C(=O)c1cc(C)c(C)s1. The van der Waals surface area contributed by atoms with Crippen molar-refractivity contribution >= 4 is 23.2 Å². The van der Waals surface area contributed by atoms with Crippen molar-refractivity contribution in [3.05, 3.63) is 21.4 Å². The molecule has 0 spiro atoms. The Labute approximate surface area is 135 Å². The zero-order valence-corrected chi connectivity index (χ0v) is 14.5. The number of rotatable bonds is 9. The molecule has 1 aromatic rings. The van der Waals surface area contributed by atoms with Gasteiger partial charge in [0.05, 0.1) is 10.8 Å². The molecule has 0 saturated heterocycles. The van der Waals surface area contributed by atoms with Crippen LogP contribution in [-0.2, 0) is 9.53 Å². The first kappa shape index (κ1) is 18.6. The lowest BCUT2D eigenvalue weighted by atomic mass is 10.1. The lowest BCUT2D eigenvalue weighted by Crippen LogP contribution is -2.37. The van der Waals surface area contributed by atoms with Crippen LogP contribution in [-0.4, -0.2) is 48.2 Å². The van der Waals surface area contributed by atoms with Gasteiger partial charge in [0.1, 0.15) is 0 Å². The van der Waals surface area contributed by atoms with Gasteiger partial charge >= 0.3 is 5.97 Å². The third-order valence-electron chi connectivity index (χ3n) is 3.50. The standard InChI is InChI=1S/C16H25NO4S/c1-5-21-8-6-7-17(10-12(3)16(19)20)15(18)14-9-11(2)13(4)22-14/h9,12H,5-8,10H2,1-4H3,(H,19,20). The molecule has 0 fully saturated rings. The first-order valence-corrected chi connectivity index (χ1v) is 8.35. The van der Waals surface area contributed by atoms with Crippen LogP contribution < -0.4 is 0 Å². The van der Waals surface area contributed by atoms with Crippen molar-refractivity contribution in [2.24, 2.45) is 5.92 Å². The number of aliphatic carboxylic acids is 1. The third-order valence-corrected chi connectivity index (χ3v) is 4.64. The van der Waals surface area contributed by atoms with Crippen molar-refractivity contribution in [2.75, 3.05) is 26.3 Å². The summed E-state index contributed by atoms with van der Waals surface area (Å²) in [4.78, 5) is 27.1. The van der Waals surface area contributed by atoms with Crippen LogP contribution in [0.2, 0.25) is 0 Å². The van der Waals surface area contributed by atoms with Gasteiger partial charge in [-0.2, -0.15) is 0 Å². The lowest BCUT2D eigenvalue weighted by molar-refractivity contribution is -0.141. The van der Waals surface area contributed by atoms with Gasteiger partial charge in [0.15, 0.2) is 0 Å². The minimum absolute atomic E-state index is 0.0919. The van der Waals surface area contributed by atoms with Crippen molar-refractivity contribution < 1.29 is 19.4 Å². The van der Waals surface area contributed by atoms with Gasteiger partial charge in [0.2, 0.25) is 0 Å². The number of hydrogen-bond donors (Lipinski definition) is 1. The fourth-order valence-corrected chi connectivity index (χ4v) is 3.02. The number of carboxylic acid groups (broad SMARTS) is 1. The number of carbonyl (C=O) groups excluding carboxylic acids is 1. The van der Waals surface area contributed by atoms with E-state index in [4.69, 9.17) is 9.84 Å². The summed E-state index contributed by atoms with van der Waals surface area (Å²) < 4.78 is 5.29. The summed E-state index contributed by atoms with van der Waals surface area (Å²) in [5, 5.41) is 9.08. The van der Waals surface area contributed by atoms with Crippen LogP contribution in [0.4, 0.5) is 0 Å². The molecule has 1 N–H and O–H groups in total. The Balaban J connectivity index is 2.78. The van der Waals surface area contributed by atoms with Gasteiger partial charge in [-0.1, -0.05) is 6.92 Å². The Hall–Kier alpha value is -1.40. The summed E-state index contributed by atoms with van der Waals surface area (Å²) in [6, 6.07) is 1.88. The molecule has 0 radical (unpaired) electrons. The fraction of sp³-hybridized carbons (Fsp3) is 0.625. The highest BCUT2D eigenvalue weighted by molar-refractivity contribution is 7.14. The van der Waals surface area contributed by atoms with Gasteiger partial charge in [-0.15, -0.1) is 11.3 Å². The summed E-state index contributed by atoms with van der Waals surface area (Å²) in [5.74, 6) is -1.56. The summed E-state index contributed by atoms with van der Waals surface area (Å²) in [7, 11) is 0. The number of carboxylic acids is 1. The van der Waals surface area contributed by atoms with E-state index in [0.717, 1.165) is 10.4 Å². The molecule has 22 heavy (non-hydrogen) atoms. The van der Waals surface area contributed by atoms with E-state index in [1.165, 1.54) is 11.3 Å². The second-order valence-electron chi connectivity index (χ2n) is 5.39. The molecule has 1 rings (SSSR count). The van der Waals surface area contributed by atoms with E-state index in [9.17, 15) is 9.59 Å². The average Bonchev–Trinajstić information content (AvgIpc) is 2.80. The first-order valence-electron chi connectivity index (χ1n) is 7.53. The van der Waals surface area contributed by atoms with Gasteiger partial charge in [0.25, 0.3) is 5.91 Å². The van der Waals surface area contributed by atoms with Crippen LogP contribution in [0, 0.1) is 19.8 Å². The third kappa shape index (κ3) is 5.42. The van der Waals surface area contributed by atoms with Gasteiger partial charge in [-0.3, -0.25) is 9.59 Å². The first-order chi connectivity index (χ1) is 10.4. The molecule has 1 unspecified atom stereocenters. The largest absolute Gasteiger partial charge is 0.481 e. The number of ether oxygens (including phenoxy) is 1. The molecule has 0 aromatic carbocycles. The van der Waals surface area contributed by atoms with Crippen LogP contribution >= 0.6 is 11.3 Å². The summed E-state index contributed by atoms with van der Waals surface area (Å²) in [5.41, 5.74) is 1.09. The van der Waals surface area contributed by atoms with Crippen LogP contribution in [0.15, 0.2) is 6.07 Å². The normalized spacial score (nSPS) is 12.2. The molecule has 1 aromatic heterocycles. The maximum atomic E-state index is 12.6. The van der Waals surface area contributed by atoms with Gasteiger partial charge < -0.3 is 14.7 Å².